The summed E-state index contributed by atoms with van der Waals surface area (Å²) in [5, 5.41) is 3.65. The van der Waals surface area contributed by atoms with E-state index in [0.717, 1.165) is 18.4 Å². The van der Waals surface area contributed by atoms with Crippen LogP contribution in [0.4, 0.5) is 0 Å². The van der Waals surface area contributed by atoms with Crippen molar-refractivity contribution in [1.29, 1.82) is 0 Å². The van der Waals surface area contributed by atoms with Crippen molar-refractivity contribution in [2.75, 3.05) is 26.7 Å². The van der Waals surface area contributed by atoms with Crippen LogP contribution in [0.2, 0.25) is 0 Å². The van der Waals surface area contributed by atoms with Gasteiger partial charge in [0.1, 0.15) is 0 Å². The minimum absolute atomic E-state index is 0.700. The molecule has 0 aromatic rings. The van der Waals surface area contributed by atoms with Crippen LogP contribution < -0.4 is 5.32 Å². The van der Waals surface area contributed by atoms with Crippen molar-refractivity contribution in [3.8, 4) is 0 Å². The Balaban J connectivity index is 2.20. The van der Waals surface area contributed by atoms with E-state index in [1.807, 2.05) is 0 Å². The maximum absolute atomic E-state index is 3.65. The van der Waals surface area contributed by atoms with Crippen LogP contribution in [0, 0.1) is 11.8 Å². The molecule has 0 aromatic carbocycles. The van der Waals surface area contributed by atoms with Crippen molar-refractivity contribution in [2.24, 2.45) is 11.8 Å². The van der Waals surface area contributed by atoms with Gasteiger partial charge in [0.05, 0.1) is 0 Å². The first-order valence-electron chi connectivity index (χ1n) is 6.01. The molecule has 1 unspecified atom stereocenters. The quantitative estimate of drug-likeness (QED) is 0.743. The molecule has 1 rings (SSSR count). The fourth-order valence-electron chi connectivity index (χ4n) is 2.12. The molecule has 0 bridgehead atoms. The Morgan fingerprint density at radius 2 is 1.79 bits per heavy atom. The Kier molecular flexibility index (Phi) is 4.90. The molecule has 1 aliphatic rings. The number of hydrogen-bond acceptors (Lipinski definition) is 2. The van der Waals surface area contributed by atoms with Gasteiger partial charge < -0.3 is 10.2 Å². The van der Waals surface area contributed by atoms with E-state index < -0.39 is 0 Å². The fraction of sp³-hybridized carbons (Fsp3) is 1.00. The van der Waals surface area contributed by atoms with Gasteiger partial charge in [-0.15, -0.1) is 0 Å². The van der Waals surface area contributed by atoms with Gasteiger partial charge in [-0.05, 0) is 58.3 Å². The number of hydrogen-bond donors (Lipinski definition) is 1. The zero-order valence-corrected chi connectivity index (χ0v) is 10.2. The van der Waals surface area contributed by atoms with Crippen LogP contribution >= 0.6 is 0 Å². The highest BCUT2D eigenvalue weighted by atomic mass is 15.1. The van der Waals surface area contributed by atoms with Crippen LogP contribution in [-0.2, 0) is 0 Å². The van der Waals surface area contributed by atoms with Crippen LogP contribution in [0.15, 0.2) is 0 Å². The topological polar surface area (TPSA) is 15.3 Å². The molecule has 1 atom stereocenters. The maximum Gasteiger partial charge on any atom is 0.00680 e. The van der Waals surface area contributed by atoms with Gasteiger partial charge in [0.25, 0.3) is 0 Å². The molecule has 0 aliphatic carbocycles. The summed E-state index contributed by atoms with van der Waals surface area (Å²) >= 11 is 0. The van der Waals surface area contributed by atoms with Gasteiger partial charge in [-0.25, -0.2) is 0 Å². The summed E-state index contributed by atoms with van der Waals surface area (Å²) in [6.07, 6.45) is 2.73. The van der Waals surface area contributed by atoms with Gasteiger partial charge >= 0.3 is 0 Å². The second kappa shape index (κ2) is 5.72. The molecule has 0 aromatic heterocycles. The fourth-order valence-corrected chi connectivity index (χ4v) is 2.12. The maximum atomic E-state index is 3.65. The largest absolute Gasteiger partial charge is 0.314 e. The standard InChI is InChI=1S/C12H26N2/c1-10(2)9-13-11(3)12-5-7-14(4)8-6-12/h10-13H,5-9H2,1-4H3. The van der Waals surface area contributed by atoms with Gasteiger partial charge in [-0.1, -0.05) is 13.8 Å². The third-order valence-corrected chi connectivity index (χ3v) is 3.32. The summed E-state index contributed by atoms with van der Waals surface area (Å²) in [7, 11) is 2.22. The van der Waals surface area contributed by atoms with Crippen molar-refractivity contribution >= 4 is 0 Å². The Bertz CT molecular complexity index is 148. The summed E-state index contributed by atoms with van der Waals surface area (Å²) in [5.74, 6) is 1.66. The van der Waals surface area contributed by atoms with Gasteiger partial charge in [0, 0.05) is 6.04 Å². The molecule has 0 spiro atoms. The lowest BCUT2D eigenvalue weighted by Gasteiger charge is -2.33. The third kappa shape index (κ3) is 3.97. The number of nitrogens with one attached hydrogen (secondary N) is 1. The lowest BCUT2D eigenvalue weighted by atomic mass is 9.90. The van der Waals surface area contributed by atoms with E-state index in [1.165, 1.54) is 25.9 Å². The van der Waals surface area contributed by atoms with Crippen molar-refractivity contribution in [1.82, 2.24) is 10.2 Å². The SMILES string of the molecule is CC(C)CNC(C)C1CCN(C)CC1. The Labute approximate surface area is 89.1 Å². The highest BCUT2D eigenvalue weighted by Crippen LogP contribution is 2.19. The van der Waals surface area contributed by atoms with Crippen LogP contribution in [0.25, 0.3) is 0 Å². The predicted molar refractivity (Wildman–Crippen MR) is 62.5 cm³/mol. The summed E-state index contributed by atoms with van der Waals surface area (Å²) in [5.41, 5.74) is 0. The number of likely N-dealkylation sites (tertiary alicyclic amines) is 1. The zero-order valence-electron chi connectivity index (χ0n) is 10.2. The molecule has 1 aliphatic heterocycles. The number of rotatable bonds is 4. The molecule has 0 radical (unpaired) electrons. The molecule has 84 valence electrons. The molecule has 2 nitrogen and oxygen atoms in total. The van der Waals surface area contributed by atoms with Crippen molar-refractivity contribution in [3.05, 3.63) is 0 Å². The van der Waals surface area contributed by atoms with Gasteiger partial charge in [0.2, 0.25) is 0 Å². The van der Waals surface area contributed by atoms with E-state index in [-0.39, 0.29) is 0 Å². The highest BCUT2D eigenvalue weighted by molar-refractivity contribution is 4.78. The Morgan fingerprint density at radius 3 is 2.29 bits per heavy atom. The lowest BCUT2D eigenvalue weighted by Crippen LogP contribution is -2.41. The second-order valence-corrected chi connectivity index (χ2v) is 5.23. The zero-order chi connectivity index (χ0) is 10.6. The molecule has 14 heavy (non-hydrogen) atoms. The van der Waals surface area contributed by atoms with E-state index in [4.69, 9.17) is 0 Å². The van der Waals surface area contributed by atoms with Crippen LogP contribution in [-0.4, -0.2) is 37.6 Å². The molecule has 0 saturated carbocycles. The van der Waals surface area contributed by atoms with Gasteiger partial charge in [-0.3, -0.25) is 0 Å². The van der Waals surface area contributed by atoms with E-state index in [9.17, 15) is 0 Å². The van der Waals surface area contributed by atoms with Crippen LogP contribution in [0.3, 0.4) is 0 Å². The molecular weight excluding hydrogens is 172 g/mol. The van der Waals surface area contributed by atoms with Gasteiger partial charge in [-0.2, -0.15) is 0 Å². The molecule has 1 N–H and O–H groups in total. The molecule has 1 heterocycles. The molecule has 0 amide bonds. The highest BCUT2D eigenvalue weighted by Gasteiger charge is 2.21. The average Bonchev–Trinajstić information content (AvgIpc) is 2.15. The van der Waals surface area contributed by atoms with Crippen molar-refractivity contribution in [3.63, 3.8) is 0 Å². The van der Waals surface area contributed by atoms with E-state index >= 15 is 0 Å². The second-order valence-electron chi connectivity index (χ2n) is 5.23. The normalized spacial score (nSPS) is 22.9. The predicted octanol–water partition coefficient (Wildman–Crippen LogP) is 1.96. The summed E-state index contributed by atoms with van der Waals surface area (Å²) in [4.78, 5) is 2.44. The summed E-state index contributed by atoms with van der Waals surface area (Å²) in [6, 6.07) is 0.700. The third-order valence-electron chi connectivity index (χ3n) is 3.32. The van der Waals surface area contributed by atoms with E-state index in [2.05, 4.69) is 38.0 Å². The number of piperidine rings is 1. The lowest BCUT2D eigenvalue weighted by molar-refractivity contribution is 0.188. The molecule has 1 saturated heterocycles. The Hall–Kier alpha value is -0.0800. The Morgan fingerprint density at radius 1 is 1.21 bits per heavy atom. The molecule has 2 heteroatoms. The average molecular weight is 198 g/mol. The first-order valence-corrected chi connectivity index (χ1v) is 6.01. The molecular formula is C12H26N2. The smallest absolute Gasteiger partial charge is 0.00680 e. The van der Waals surface area contributed by atoms with Crippen LogP contribution in [0.1, 0.15) is 33.6 Å². The first kappa shape index (κ1) is 12.0. The van der Waals surface area contributed by atoms with E-state index in [1.54, 1.807) is 0 Å². The van der Waals surface area contributed by atoms with Crippen molar-refractivity contribution in [2.45, 2.75) is 39.7 Å². The molecule has 1 fully saturated rings. The first-order chi connectivity index (χ1) is 6.59. The minimum Gasteiger partial charge on any atom is -0.314 e. The summed E-state index contributed by atoms with van der Waals surface area (Å²) < 4.78 is 0. The van der Waals surface area contributed by atoms with Crippen molar-refractivity contribution < 1.29 is 0 Å². The monoisotopic (exact) mass is 198 g/mol. The minimum atomic E-state index is 0.700. The number of nitrogens with zero attached hydrogens (tertiary/aromatic N) is 1. The van der Waals surface area contributed by atoms with Gasteiger partial charge in [0.15, 0.2) is 0 Å². The van der Waals surface area contributed by atoms with E-state index in [0.29, 0.717) is 6.04 Å². The van der Waals surface area contributed by atoms with Crippen LogP contribution in [0.5, 0.6) is 0 Å². The summed E-state index contributed by atoms with van der Waals surface area (Å²) in [6.45, 7) is 10.6.